The maximum Gasteiger partial charge on any atom is -1.00 e. The summed E-state index contributed by atoms with van der Waals surface area (Å²) < 4.78 is 13.7. The van der Waals surface area contributed by atoms with Crippen molar-refractivity contribution in [3.63, 3.8) is 0 Å². The van der Waals surface area contributed by atoms with Gasteiger partial charge in [-0.25, -0.2) is 0 Å². The molecule has 0 aromatic heterocycles. The van der Waals surface area contributed by atoms with Crippen LogP contribution >= 0.6 is 15.8 Å². The Morgan fingerprint density at radius 1 is 0.392 bits per heavy atom. The van der Waals surface area contributed by atoms with Gasteiger partial charge in [-0.15, -0.1) is 0 Å². The van der Waals surface area contributed by atoms with Gasteiger partial charge in [-0.05, 0) is 0 Å². The SMILES string of the molecule is CC(C)(C)c1ccc([O][Zr+2][O]c2ccc(C(C)(C)C)cc2P(c2ccccc2)c2ccccc2)c(P(c2ccccc2)c2ccccc2)c1.[Cl-].[Cl-]. The fraction of sp³-hybridized carbons (Fsp3) is 0.182. The van der Waals surface area contributed by atoms with E-state index < -0.39 is 40.0 Å². The molecule has 6 aromatic rings. The fourth-order valence-corrected chi connectivity index (χ4v) is 12.4. The van der Waals surface area contributed by atoms with E-state index in [0.29, 0.717) is 0 Å². The summed E-state index contributed by atoms with van der Waals surface area (Å²) in [6.07, 6.45) is 0. The first kappa shape index (κ1) is 41.0. The summed E-state index contributed by atoms with van der Waals surface area (Å²) in [4.78, 5) is 0. The Morgan fingerprint density at radius 2 is 0.667 bits per heavy atom. The average molecular weight is 829 g/mol. The Labute approximate surface area is 332 Å². The predicted octanol–water partition coefficient (Wildman–Crippen LogP) is 3.18. The normalized spacial score (nSPS) is 11.3. The van der Waals surface area contributed by atoms with E-state index in [1.165, 1.54) is 43.0 Å². The number of rotatable bonds is 10. The minimum atomic E-state index is -1.84. The summed E-state index contributed by atoms with van der Waals surface area (Å²) >= 11 is -1.84. The van der Waals surface area contributed by atoms with Crippen molar-refractivity contribution < 1.29 is 54.6 Å². The Kier molecular flexibility index (Phi) is 14.7. The number of halogens is 2. The third-order valence-electron chi connectivity index (χ3n) is 8.49. The maximum atomic E-state index is 6.85. The second-order valence-electron chi connectivity index (χ2n) is 14.2. The van der Waals surface area contributed by atoms with Gasteiger partial charge in [0.15, 0.2) is 0 Å². The molecule has 0 radical (unpaired) electrons. The molecule has 0 aliphatic heterocycles. The van der Waals surface area contributed by atoms with Crippen LogP contribution in [0.1, 0.15) is 52.7 Å². The van der Waals surface area contributed by atoms with Gasteiger partial charge in [0.25, 0.3) is 0 Å². The first-order valence-electron chi connectivity index (χ1n) is 16.8. The third kappa shape index (κ3) is 10.2. The Hall–Kier alpha value is -2.76. The van der Waals surface area contributed by atoms with Crippen LogP contribution < -0.4 is 62.3 Å². The van der Waals surface area contributed by atoms with E-state index in [4.69, 9.17) is 5.63 Å². The fourth-order valence-electron chi connectivity index (χ4n) is 5.76. The monoisotopic (exact) mass is 826 g/mol. The van der Waals surface area contributed by atoms with Gasteiger partial charge in [0.05, 0.1) is 0 Å². The number of benzene rings is 6. The van der Waals surface area contributed by atoms with Crippen LogP contribution in [0.5, 0.6) is 11.5 Å². The zero-order valence-corrected chi connectivity index (χ0v) is 35.7. The van der Waals surface area contributed by atoms with Crippen molar-refractivity contribution in [2.75, 3.05) is 0 Å². The molecule has 0 atom stereocenters. The van der Waals surface area contributed by atoms with E-state index in [0.717, 1.165) is 11.5 Å². The summed E-state index contributed by atoms with van der Waals surface area (Å²) in [5.74, 6) is 1.86. The summed E-state index contributed by atoms with van der Waals surface area (Å²) in [6, 6.07) is 57.1. The molecule has 0 aliphatic carbocycles. The molecule has 0 bridgehead atoms. The average Bonchev–Trinajstić information content (AvgIpc) is 3.10. The van der Waals surface area contributed by atoms with E-state index >= 15 is 0 Å². The van der Waals surface area contributed by atoms with Crippen molar-refractivity contribution in [2.45, 2.75) is 52.4 Å². The van der Waals surface area contributed by atoms with Crippen LogP contribution in [0, 0.1) is 0 Å². The molecule has 6 aromatic carbocycles. The molecular formula is C44H44Cl2O2P2Zr. The van der Waals surface area contributed by atoms with Crippen molar-refractivity contribution in [1.29, 1.82) is 0 Å². The summed E-state index contributed by atoms with van der Waals surface area (Å²) in [5.41, 5.74) is 2.62. The van der Waals surface area contributed by atoms with E-state index in [1.54, 1.807) is 0 Å². The van der Waals surface area contributed by atoms with Gasteiger partial charge in [0, 0.05) is 0 Å². The van der Waals surface area contributed by atoms with Crippen LogP contribution in [0.25, 0.3) is 0 Å². The van der Waals surface area contributed by atoms with E-state index in [9.17, 15) is 0 Å². The van der Waals surface area contributed by atoms with Gasteiger partial charge in [0.1, 0.15) is 0 Å². The standard InChI is InChI=1S/2C22H23OP.2ClH.Zr/c2*1-22(2,3)17-14-15-20(23)21(16-17)24(18-10-6-4-7-11-18)19-12-8-5-9-13-19;;;/h2*4-16,23H,1-3H3;2*1H;/q;;;;+4/p-4. The second kappa shape index (κ2) is 18.3. The first-order chi connectivity index (χ1) is 23.6. The molecule has 0 heterocycles. The molecule has 0 aliphatic rings. The zero-order valence-electron chi connectivity index (χ0n) is 30.0. The summed E-state index contributed by atoms with van der Waals surface area (Å²) in [7, 11) is -1.69. The number of hydrogen-bond donors (Lipinski definition) is 0. The molecule has 0 N–H and O–H groups in total. The van der Waals surface area contributed by atoms with Gasteiger partial charge < -0.3 is 24.8 Å². The number of hydrogen-bond acceptors (Lipinski definition) is 2. The molecule has 0 amide bonds. The molecule has 0 spiro atoms. The van der Waals surface area contributed by atoms with Gasteiger partial charge in [0.2, 0.25) is 0 Å². The minimum absolute atomic E-state index is 0. The van der Waals surface area contributed by atoms with Crippen LogP contribution in [0.15, 0.2) is 158 Å². The molecular weight excluding hydrogens is 785 g/mol. The van der Waals surface area contributed by atoms with Crippen molar-refractivity contribution >= 4 is 47.7 Å². The molecule has 51 heavy (non-hydrogen) atoms. The van der Waals surface area contributed by atoms with Gasteiger partial charge in [-0.2, -0.15) is 0 Å². The summed E-state index contributed by atoms with van der Waals surface area (Å²) in [5, 5.41) is 7.71. The maximum absolute atomic E-state index is 6.85. The van der Waals surface area contributed by atoms with Crippen molar-refractivity contribution in [3.05, 3.63) is 169 Å². The van der Waals surface area contributed by atoms with Gasteiger partial charge in [-0.1, -0.05) is 0 Å². The molecule has 0 unspecified atom stereocenters. The zero-order chi connectivity index (χ0) is 34.4. The Balaban J connectivity index is 0.00000292. The van der Waals surface area contributed by atoms with E-state index in [1.807, 2.05) is 0 Å². The van der Waals surface area contributed by atoms with Crippen LogP contribution in [-0.4, -0.2) is 0 Å². The third-order valence-corrected chi connectivity index (χ3v) is 14.9. The minimum Gasteiger partial charge on any atom is -1.00 e. The van der Waals surface area contributed by atoms with Crippen LogP contribution in [0.4, 0.5) is 0 Å². The molecule has 0 saturated heterocycles. The van der Waals surface area contributed by atoms with E-state index in [-0.39, 0.29) is 35.6 Å². The molecule has 2 nitrogen and oxygen atoms in total. The Morgan fingerprint density at radius 3 is 0.922 bits per heavy atom. The summed E-state index contributed by atoms with van der Waals surface area (Å²) in [6.45, 7) is 13.7. The van der Waals surface area contributed by atoms with Gasteiger partial charge in [-0.3, -0.25) is 0 Å². The molecule has 6 rings (SSSR count). The van der Waals surface area contributed by atoms with Gasteiger partial charge >= 0.3 is 310 Å². The molecule has 7 heteroatoms. The molecule has 0 fully saturated rings. The second-order valence-corrected chi connectivity index (χ2v) is 19.9. The van der Waals surface area contributed by atoms with E-state index in [2.05, 4.69) is 199 Å². The topological polar surface area (TPSA) is 18.5 Å². The Bertz CT molecular complexity index is 1740. The van der Waals surface area contributed by atoms with Crippen molar-refractivity contribution in [3.8, 4) is 11.5 Å². The molecule has 0 saturated carbocycles. The van der Waals surface area contributed by atoms with Crippen molar-refractivity contribution in [2.24, 2.45) is 0 Å². The van der Waals surface area contributed by atoms with Crippen LogP contribution in [0.2, 0.25) is 0 Å². The smallest absolute Gasteiger partial charge is 1.00 e. The predicted molar refractivity (Wildman–Crippen MR) is 209 cm³/mol. The first-order valence-corrected chi connectivity index (χ1v) is 21.5. The van der Waals surface area contributed by atoms with Crippen LogP contribution in [0.3, 0.4) is 0 Å². The van der Waals surface area contributed by atoms with Crippen LogP contribution in [-0.2, 0) is 34.9 Å². The van der Waals surface area contributed by atoms with Crippen molar-refractivity contribution in [1.82, 2.24) is 0 Å². The quantitative estimate of drug-likeness (QED) is 0.198. The molecule has 260 valence electrons. The largest absolute Gasteiger partial charge is 1.00 e.